The normalized spacial score (nSPS) is 9.90. The van der Waals surface area contributed by atoms with Gasteiger partial charge in [0.2, 0.25) is 0 Å². The van der Waals surface area contributed by atoms with Gasteiger partial charge in [-0.25, -0.2) is 4.98 Å². The molecule has 0 radical (unpaired) electrons. The fourth-order valence-electron chi connectivity index (χ4n) is 0.543. The lowest BCUT2D eigenvalue weighted by Crippen LogP contribution is -1.88. The highest BCUT2D eigenvalue weighted by atomic mass is 35.5. The number of rotatable bonds is 1. The first-order valence-corrected chi connectivity index (χ1v) is 3.41. The van der Waals surface area contributed by atoms with E-state index in [0.717, 1.165) is 0 Å². The summed E-state index contributed by atoms with van der Waals surface area (Å²) in [6.07, 6.45) is 0. The first-order valence-electron chi connectivity index (χ1n) is 2.66. The molecule has 0 saturated heterocycles. The van der Waals surface area contributed by atoms with E-state index >= 15 is 0 Å². The molecule has 0 unspecified atom stereocenters. The predicted molar refractivity (Wildman–Crippen MR) is 40.2 cm³/mol. The van der Waals surface area contributed by atoms with Gasteiger partial charge in [-0.1, -0.05) is 23.2 Å². The SMILES string of the molecule is OCc1ccc(Cl)c(Cl)n1. The van der Waals surface area contributed by atoms with E-state index < -0.39 is 0 Å². The van der Waals surface area contributed by atoms with Gasteiger partial charge in [-0.3, -0.25) is 0 Å². The standard InChI is InChI=1S/C6H5Cl2NO/c7-5-2-1-4(3-10)9-6(5)8/h1-2,10H,3H2. The molecule has 1 rings (SSSR count). The highest BCUT2D eigenvalue weighted by Gasteiger charge is 1.98. The Kier molecular flexibility index (Phi) is 2.49. The number of halogens is 2. The van der Waals surface area contributed by atoms with Gasteiger partial charge in [-0.05, 0) is 12.1 Å². The average molecular weight is 178 g/mol. The van der Waals surface area contributed by atoms with Crippen molar-refractivity contribution in [2.24, 2.45) is 0 Å². The zero-order chi connectivity index (χ0) is 7.56. The van der Waals surface area contributed by atoms with Crippen molar-refractivity contribution < 1.29 is 5.11 Å². The molecule has 0 atom stereocenters. The number of aliphatic hydroxyl groups excluding tert-OH is 1. The smallest absolute Gasteiger partial charge is 0.148 e. The quantitative estimate of drug-likeness (QED) is 0.666. The van der Waals surface area contributed by atoms with Crippen LogP contribution >= 0.6 is 23.2 Å². The van der Waals surface area contributed by atoms with Crippen LogP contribution in [0, 0.1) is 0 Å². The summed E-state index contributed by atoms with van der Waals surface area (Å²) in [4.78, 5) is 3.77. The molecule has 1 N–H and O–H groups in total. The molecular formula is C6H5Cl2NO. The molecule has 1 heterocycles. The van der Waals surface area contributed by atoms with Gasteiger partial charge in [-0.2, -0.15) is 0 Å². The molecule has 0 aliphatic rings. The maximum absolute atomic E-state index is 8.59. The summed E-state index contributed by atoms with van der Waals surface area (Å²) < 4.78 is 0. The highest BCUT2D eigenvalue weighted by molar-refractivity contribution is 6.41. The van der Waals surface area contributed by atoms with Gasteiger partial charge in [0, 0.05) is 0 Å². The van der Waals surface area contributed by atoms with Crippen LogP contribution in [0.3, 0.4) is 0 Å². The lowest BCUT2D eigenvalue weighted by Gasteiger charge is -1.96. The molecule has 54 valence electrons. The molecule has 4 heteroatoms. The molecule has 0 aliphatic carbocycles. The molecule has 0 amide bonds. The predicted octanol–water partition coefficient (Wildman–Crippen LogP) is 1.88. The van der Waals surface area contributed by atoms with Gasteiger partial charge >= 0.3 is 0 Å². The van der Waals surface area contributed by atoms with Crippen molar-refractivity contribution in [2.75, 3.05) is 0 Å². The van der Waals surface area contributed by atoms with Crippen molar-refractivity contribution >= 4 is 23.2 Å². The van der Waals surface area contributed by atoms with Crippen LogP contribution in [0.25, 0.3) is 0 Å². The van der Waals surface area contributed by atoms with Crippen LogP contribution in [-0.2, 0) is 6.61 Å². The van der Waals surface area contributed by atoms with Crippen LogP contribution in [0.5, 0.6) is 0 Å². The molecule has 0 fully saturated rings. The van der Waals surface area contributed by atoms with Gasteiger partial charge in [0.25, 0.3) is 0 Å². The third kappa shape index (κ3) is 1.59. The lowest BCUT2D eigenvalue weighted by molar-refractivity contribution is 0.277. The Balaban J connectivity index is 3.04. The second-order valence-corrected chi connectivity index (χ2v) is 2.50. The first kappa shape index (κ1) is 7.79. The number of hydrogen-bond acceptors (Lipinski definition) is 2. The number of aromatic nitrogens is 1. The van der Waals surface area contributed by atoms with E-state index in [9.17, 15) is 0 Å². The second kappa shape index (κ2) is 3.19. The Morgan fingerprint density at radius 2 is 2.10 bits per heavy atom. The van der Waals surface area contributed by atoms with Crippen LogP contribution in [0.1, 0.15) is 5.69 Å². The van der Waals surface area contributed by atoms with Gasteiger partial charge < -0.3 is 5.11 Å². The van der Waals surface area contributed by atoms with Crippen LogP contribution in [0.2, 0.25) is 10.2 Å². The van der Waals surface area contributed by atoms with E-state index in [1.165, 1.54) is 0 Å². The van der Waals surface area contributed by atoms with Crippen LogP contribution in [0.4, 0.5) is 0 Å². The van der Waals surface area contributed by atoms with E-state index in [2.05, 4.69) is 4.98 Å². The maximum Gasteiger partial charge on any atom is 0.148 e. The van der Waals surface area contributed by atoms with Crippen molar-refractivity contribution in [1.29, 1.82) is 0 Å². The minimum Gasteiger partial charge on any atom is -0.390 e. The third-order valence-corrected chi connectivity index (χ3v) is 1.71. The summed E-state index contributed by atoms with van der Waals surface area (Å²) in [5, 5.41) is 9.22. The highest BCUT2D eigenvalue weighted by Crippen LogP contribution is 2.18. The second-order valence-electron chi connectivity index (χ2n) is 1.73. The molecule has 0 spiro atoms. The Morgan fingerprint density at radius 3 is 2.60 bits per heavy atom. The number of hydrogen-bond donors (Lipinski definition) is 1. The molecule has 0 saturated carbocycles. The summed E-state index contributed by atoms with van der Waals surface area (Å²) in [5.74, 6) is 0. The molecule has 2 nitrogen and oxygen atoms in total. The Hall–Kier alpha value is -0.310. The molecule has 10 heavy (non-hydrogen) atoms. The van der Waals surface area contributed by atoms with Crippen molar-refractivity contribution in [3.05, 3.63) is 28.0 Å². The van der Waals surface area contributed by atoms with Crippen LogP contribution in [-0.4, -0.2) is 10.1 Å². The molecule has 0 aromatic carbocycles. The third-order valence-electron chi connectivity index (χ3n) is 1.02. The van der Waals surface area contributed by atoms with Gasteiger partial charge in [0.15, 0.2) is 0 Å². The van der Waals surface area contributed by atoms with Crippen molar-refractivity contribution in [2.45, 2.75) is 6.61 Å². The van der Waals surface area contributed by atoms with Gasteiger partial charge in [0.05, 0.1) is 17.3 Å². The first-order chi connectivity index (χ1) is 4.74. The van der Waals surface area contributed by atoms with E-state index in [1.807, 2.05) is 0 Å². The monoisotopic (exact) mass is 177 g/mol. The molecule has 1 aromatic rings. The summed E-state index contributed by atoms with van der Waals surface area (Å²) in [6.45, 7) is -0.114. The average Bonchev–Trinajstić information content (AvgIpc) is 1.95. The Labute approximate surface area is 68.4 Å². The van der Waals surface area contributed by atoms with Crippen LogP contribution < -0.4 is 0 Å². The molecule has 0 aliphatic heterocycles. The van der Waals surface area contributed by atoms with E-state index in [-0.39, 0.29) is 11.8 Å². The van der Waals surface area contributed by atoms with Gasteiger partial charge in [0.1, 0.15) is 5.15 Å². The largest absolute Gasteiger partial charge is 0.390 e. The van der Waals surface area contributed by atoms with E-state index in [0.29, 0.717) is 10.7 Å². The summed E-state index contributed by atoms with van der Waals surface area (Å²) >= 11 is 11.1. The Bertz CT molecular complexity index is 239. The van der Waals surface area contributed by atoms with Crippen molar-refractivity contribution in [1.82, 2.24) is 4.98 Å². The fourth-order valence-corrected chi connectivity index (χ4v) is 0.820. The molecule has 0 bridgehead atoms. The van der Waals surface area contributed by atoms with E-state index in [1.54, 1.807) is 12.1 Å². The van der Waals surface area contributed by atoms with Crippen LogP contribution in [0.15, 0.2) is 12.1 Å². The van der Waals surface area contributed by atoms with Crippen molar-refractivity contribution in [3.8, 4) is 0 Å². The van der Waals surface area contributed by atoms with Crippen molar-refractivity contribution in [3.63, 3.8) is 0 Å². The minimum atomic E-state index is -0.114. The topological polar surface area (TPSA) is 33.1 Å². The summed E-state index contributed by atoms with van der Waals surface area (Å²) in [5.41, 5.74) is 0.523. The minimum absolute atomic E-state index is 0.114. The summed E-state index contributed by atoms with van der Waals surface area (Å²) in [6, 6.07) is 3.22. The zero-order valence-electron chi connectivity index (χ0n) is 5.01. The zero-order valence-corrected chi connectivity index (χ0v) is 6.52. The lowest BCUT2D eigenvalue weighted by atomic mass is 10.4. The Morgan fingerprint density at radius 1 is 1.40 bits per heavy atom. The van der Waals surface area contributed by atoms with Gasteiger partial charge in [-0.15, -0.1) is 0 Å². The fraction of sp³-hybridized carbons (Fsp3) is 0.167. The maximum atomic E-state index is 8.59. The molecular weight excluding hydrogens is 173 g/mol. The summed E-state index contributed by atoms with van der Waals surface area (Å²) in [7, 11) is 0. The number of aliphatic hydroxyl groups is 1. The van der Waals surface area contributed by atoms with E-state index in [4.69, 9.17) is 28.3 Å². The number of nitrogens with zero attached hydrogens (tertiary/aromatic N) is 1. The molecule has 1 aromatic heterocycles. The number of pyridine rings is 1.